The maximum absolute atomic E-state index is 13.3. The number of para-hydroxylation sites is 1. The molecule has 0 amide bonds. The summed E-state index contributed by atoms with van der Waals surface area (Å²) in [7, 11) is 0. The van der Waals surface area contributed by atoms with Crippen LogP contribution in [-0.4, -0.2) is 5.97 Å². The summed E-state index contributed by atoms with van der Waals surface area (Å²) in [5.74, 6) is 0.765. The van der Waals surface area contributed by atoms with Crippen molar-refractivity contribution in [3.63, 3.8) is 0 Å². The van der Waals surface area contributed by atoms with Crippen molar-refractivity contribution in [2.45, 2.75) is 25.2 Å². The van der Waals surface area contributed by atoms with Gasteiger partial charge in [-0.05, 0) is 47.7 Å². The molecule has 2 heteroatoms. The molecule has 128 valence electrons. The average molecular weight is 340 g/mol. The van der Waals surface area contributed by atoms with Crippen molar-refractivity contribution in [2.24, 2.45) is 5.41 Å². The van der Waals surface area contributed by atoms with E-state index >= 15 is 0 Å². The van der Waals surface area contributed by atoms with Crippen molar-refractivity contribution >= 4 is 5.97 Å². The van der Waals surface area contributed by atoms with E-state index in [1.807, 2.05) is 30.3 Å². The molecule has 0 saturated heterocycles. The molecule has 6 rings (SSSR count). The first-order valence-electron chi connectivity index (χ1n) is 9.13. The van der Waals surface area contributed by atoms with E-state index in [0.29, 0.717) is 5.75 Å². The van der Waals surface area contributed by atoms with Crippen LogP contribution in [0.1, 0.15) is 47.4 Å². The van der Waals surface area contributed by atoms with Gasteiger partial charge in [0.15, 0.2) is 0 Å². The molecule has 0 heterocycles. The molecule has 0 aliphatic heterocycles. The second-order valence-corrected chi connectivity index (χ2v) is 7.57. The maximum Gasteiger partial charge on any atom is 0.318 e. The van der Waals surface area contributed by atoms with Crippen LogP contribution >= 0.6 is 0 Å². The van der Waals surface area contributed by atoms with E-state index in [-0.39, 0.29) is 17.8 Å². The van der Waals surface area contributed by atoms with Crippen LogP contribution in [0.25, 0.3) is 0 Å². The van der Waals surface area contributed by atoms with Crippen molar-refractivity contribution in [3.05, 3.63) is 101 Å². The zero-order valence-electron chi connectivity index (χ0n) is 14.7. The number of benzene rings is 3. The van der Waals surface area contributed by atoms with E-state index in [9.17, 15) is 4.79 Å². The zero-order valence-corrected chi connectivity index (χ0v) is 14.7. The van der Waals surface area contributed by atoms with Crippen molar-refractivity contribution in [1.29, 1.82) is 0 Å². The van der Waals surface area contributed by atoms with Gasteiger partial charge in [-0.25, -0.2) is 0 Å². The minimum Gasteiger partial charge on any atom is -0.426 e. The molecule has 3 aliphatic rings. The summed E-state index contributed by atoms with van der Waals surface area (Å²) in [4.78, 5) is 13.3. The van der Waals surface area contributed by atoms with E-state index in [2.05, 4.69) is 55.5 Å². The Morgan fingerprint density at radius 2 is 1.31 bits per heavy atom. The number of rotatable bonds is 2. The lowest BCUT2D eigenvalue weighted by Crippen LogP contribution is -2.46. The Balaban J connectivity index is 1.63. The quantitative estimate of drug-likeness (QED) is 0.469. The molecule has 3 aromatic carbocycles. The first kappa shape index (κ1) is 15.4. The average Bonchev–Trinajstić information content (AvgIpc) is 2.69. The fourth-order valence-electron chi connectivity index (χ4n) is 4.88. The first-order chi connectivity index (χ1) is 12.7. The molecule has 0 fully saturated rings. The van der Waals surface area contributed by atoms with Crippen LogP contribution in [0.5, 0.6) is 5.75 Å². The highest BCUT2D eigenvalue weighted by atomic mass is 16.5. The monoisotopic (exact) mass is 340 g/mol. The van der Waals surface area contributed by atoms with Crippen molar-refractivity contribution < 1.29 is 9.53 Å². The number of carbonyl (C=O) groups excluding carboxylic acids is 1. The largest absolute Gasteiger partial charge is 0.426 e. The van der Waals surface area contributed by atoms with E-state index in [1.54, 1.807) is 0 Å². The fraction of sp³-hybridized carbons (Fsp3) is 0.208. The van der Waals surface area contributed by atoms with Gasteiger partial charge in [0.25, 0.3) is 0 Å². The lowest BCUT2D eigenvalue weighted by molar-refractivity contribution is -0.147. The maximum atomic E-state index is 13.3. The molecule has 3 aliphatic carbocycles. The third-order valence-corrected chi connectivity index (χ3v) is 6.05. The smallest absolute Gasteiger partial charge is 0.318 e. The van der Waals surface area contributed by atoms with Gasteiger partial charge in [-0.3, -0.25) is 4.79 Å². The fourth-order valence-corrected chi connectivity index (χ4v) is 4.88. The summed E-state index contributed by atoms with van der Waals surface area (Å²) in [5.41, 5.74) is 4.70. The molecule has 2 nitrogen and oxygen atoms in total. The van der Waals surface area contributed by atoms with Crippen LogP contribution in [0.4, 0.5) is 0 Å². The minimum atomic E-state index is -0.566. The van der Waals surface area contributed by atoms with E-state index in [0.717, 1.165) is 6.42 Å². The second kappa shape index (κ2) is 5.57. The Morgan fingerprint density at radius 3 is 1.88 bits per heavy atom. The standard InChI is InChI=1S/C24H20O2/c1-24(23(25)26-16-9-3-2-4-10-16)15-21-17-11-5-7-13-19(17)22(24)20-14-8-6-12-18(20)21/h2-14,21-22H,15H2,1H3. The number of hydrogen-bond acceptors (Lipinski definition) is 2. The lowest BCUT2D eigenvalue weighted by Gasteiger charge is -2.50. The summed E-state index contributed by atoms with van der Waals surface area (Å²) in [6, 6.07) is 26.5. The van der Waals surface area contributed by atoms with Gasteiger partial charge in [0.2, 0.25) is 0 Å². The van der Waals surface area contributed by atoms with Gasteiger partial charge in [-0.2, -0.15) is 0 Å². The molecule has 1 atom stereocenters. The lowest BCUT2D eigenvalue weighted by atomic mass is 9.53. The Morgan fingerprint density at radius 1 is 0.808 bits per heavy atom. The second-order valence-electron chi connectivity index (χ2n) is 7.57. The Labute approximate surface area is 153 Å². The van der Waals surface area contributed by atoms with Crippen LogP contribution in [0.15, 0.2) is 78.9 Å². The Hall–Kier alpha value is -2.87. The van der Waals surface area contributed by atoms with Gasteiger partial charge in [-0.15, -0.1) is 0 Å². The molecule has 0 spiro atoms. The minimum absolute atomic E-state index is 0.0381. The van der Waals surface area contributed by atoms with Crippen molar-refractivity contribution in [1.82, 2.24) is 0 Å². The van der Waals surface area contributed by atoms with E-state index < -0.39 is 5.41 Å². The van der Waals surface area contributed by atoms with Gasteiger partial charge >= 0.3 is 5.97 Å². The van der Waals surface area contributed by atoms with Crippen molar-refractivity contribution in [2.75, 3.05) is 0 Å². The summed E-state index contributed by atoms with van der Waals surface area (Å²) >= 11 is 0. The SMILES string of the molecule is CC1(C(=O)Oc2ccccc2)CC2c3ccccc3C1c1ccccc12. The topological polar surface area (TPSA) is 26.3 Å². The number of hydrogen-bond donors (Lipinski definition) is 0. The molecular formula is C24H20O2. The zero-order chi connectivity index (χ0) is 17.7. The highest BCUT2D eigenvalue weighted by Gasteiger charge is 2.54. The predicted octanol–water partition coefficient (Wildman–Crippen LogP) is 5.28. The molecule has 26 heavy (non-hydrogen) atoms. The number of esters is 1. The van der Waals surface area contributed by atoms with Gasteiger partial charge in [-0.1, -0.05) is 66.7 Å². The van der Waals surface area contributed by atoms with Crippen molar-refractivity contribution in [3.8, 4) is 5.75 Å². The first-order valence-corrected chi connectivity index (χ1v) is 9.13. The Kier molecular flexibility index (Phi) is 3.30. The number of ether oxygens (including phenoxy) is 1. The molecular weight excluding hydrogens is 320 g/mol. The van der Waals surface area contributed by atoms with Crippen LogP contribution in [0, 0.1) is 5.41 Å². The third kappa shape index (κ3) is 2.08. The molecule has 3 aromatic rings. The van der Waals surface area contributed by atoms with Crippen LogP contribution in [0.3, 0.4) is 0 Å². The van der Waals surface area contributed by atoms with Gasteiger partial charge in [0.1, 0.15) is 5.75 Å². The van der Waals surface area contributed by atoms with E-state index in [4.69, 9.17) is 4.74 Å². The van der Waals surface area contributed by atoms with Gasteiger partial charge in [0.05, 0.1) is 5.41 Å². The summed E-state index contributed by atoms with van der Waals surface area (Å²) in [6.45, 7) is 2.07. The van der Waals surface area contributed by atoms with Crippen LogP contribution in [-0.2, 0) is 4.79 Å². The van der Waals surface area contributed by atoms with E-state index in [1.165, 1.54) is 22.3 Å². The van der Waals surface area contributed by atoms with Crippen LogP contribution < -0.4 is 4.74 Å². The molecule has 0 saturated carbocycles. The van der Waals surface area contributed by atoms with Crippen LogP contribution in [0.2, 0.25) is 0 Å². The normalized spacial score (nSPS) is 25.3. The summed E-state index contributed by atoms with van der Waals surface area (Å²) in [6.07, 6.45) is 0.789. The highest BCUT2D eigenvalue weighted by Crippen LogP contribution is 2.61. The Bertz CT molecular complexity index is 944. The summed E-state index contributed by atoms with van der Waals surface area (Å²) < 4.78 is 5.80. The number of fused-ring (bicyclic) bond motifs is 1. The molecule has 2 bridgehead atoms. The predicted molar refractivity (Wildman–Crippen MR) is 101 cm³/mol. The highest BCUT2D eigenvalue weighted by molar-refractivity contribution is 5.83. The molecule has 1 unspecified atom stereocenters. The van der Waals surface area contributed by atoms with Gasteiger partial charge < -0.3 is 4.74 Å². The molecule has 0 aromatic heterocycles. The molecule has 0 radical (unpaired) electrons. The number of carbonyl (C=O) groups is 1. The van der Waals surface area contributed by atoms with Gasteiger partial charge in [0, 0.05) is 11.8 Å². The summed E-state index contributed by atoms with van der Waals surface area (Å²) in [5, 5.41) is 0. The molecule has 0 N–H and O–H groups in total. The third-order valence-electron chi connectivity index (χ3n) is 6.05.